The summed E-state index contributed by atoms with van der Waals surface area (Å²) in [7, 11) is 1.54. The molecule has 0 aliphatic heterocycles. The van der Waals surface area contributed by atoms with E-state index in [0.717, 1.165) is 24.0 Å². The van der Waals surface area contributed by atoms with E-state index in [1.807, 2.05) is 30.3 Å². The van der Waals surface area contributed by atoms with Crippen molar-refractivity contribution in [2.75, 3.05) is 7.11 Å². The number of aryl methyl sites for hydroxylation is 2. The highest BCUT2D eigenvalue weighted by Crippen LogP contribution is 2.26. The van der Waals surface area contributed by atoms with Crippen LogP contribution in [0.1, 0.15) is 16.7 Å². The highest BCUT2D eigenvalue weighted by Gasteiger charge is 2.03. The first-order chi connectivity index (χ1) is 9.22. The minimum atomic E-state index is 0.0760. The molecule has 2 aromatic carbocycles. The number of phenols is 1. The monoisotopic (exact) mass is 258 g/mol. The Hall–Kier alpha value is -2.00. The van der Waals surface area contributed by atoms with Crippen LogP contribution in [0, 0.1) is 0 Å². The Balaban J connectivity index is 1.99. The maximum absolute atomic E-state index is 9.70. The third-order valence-electron chi connectivity index (χ3n) is 3.15. The Morgan fingerprint density at radius 3 is 2.05 bits per heavy atom. The molecule has 0 radical (unpaired) electrons. The van der Waals surface area contributed by atoms with Crippen LogP contribution in [-0.4, -0.2) is 17.3 Å². The van der Waals surface area contributed by atoms with Crippen LogP contribution >= 0.6 is 0 Å². The summed E-state index contributed by atoms with van der Waals surface area (Å²) in [4.78, 5) is 0. The van der Waals surface area contributed by atoms with E-state index in [-0.39, 0.29) is 12.4 Å². The van der Waals surface area contributed by atoms with Crippen LogP contribution in [0.5, 0.6) is 11.5 Å². The van der Waals surface area contributed by atoms with Crippen molar-refractivity contribution in [3.05, 3.63) is 59.2 Å². The van der Waals surface area contributed by atoms with E-state index >= 15 is 0 Å². The molecule has 2 aromatic rings. The van der Waals surface area contributed by atoms with Gasteiger partial charge in [-0.25, -0.2) is 0 Å². The molecule has 3 heteroatoms. The van der Waals surface area contributed by atoms with Crippen molar-refractivity contribution in [3.63, 3.8) is 0 Å². The molecule has 0 fully saturated rings. The summed E-state index contributed by atoms with van der Waals surface area (Å²) in [5, 5.41) is 18.7. The second kappa shape index (κ2) is 6.25. The lowest BCUT2D eigenvalue weighted by Gasteiger charge is -2.07. The first kappa shape index (κ1) is 13.4. The fourth-order valence-electron chi connectivity index (χ4n) is 1.99. The molecule has 0 unspecified atom stereocenters. The minimum absolute atomic E-state index is 0.0760. The number of aromatic hydroxyl groups is 1. The van der Waals surface area contributed by atoms with Gasteiger partial charge in [0, 0.05) is 0 Å². The van der Waals surface area contributed by atoms with Crippen LogP contribution in [-0.2, 0) is 19.4 Å². The Bertz CT molecular complexity index is 532. The largest absolute Gasteiger partial charge is 0.504 e. The highest BCUT2D eigenvalue weighted by molar-refractivity contribution is 5.41. The van der Waals surface area contributed by atoms with Crippen molar-refractivity contribution < 1.29 is 14.9 Å². The summed E-state index contributed by atoms with van der Waals surface area (Å²) >= 11 is 0. The van der Waals surface area contributed by atoms with Crippen molar-refractivity contribution in [2.24, 2.45) is 0 Å². The van der Waals surface area contributed by atoms with Crippen LogP contribution in [0.4, 0.5) is 0 Å². The normalized spacial score (nSPS) is 10.4. The molecule has 0 atom stereocenters. The SMILES string of the molecule is COc1ccc(CCc2ccc(CO)cc2)cc1O. The number of rotatable bonds is 5. The number of aliphatic hydroxyl groups is 1. The van der Waals surface area contributed by atoms with Gasteiger partial charge in [0.15, 0.2) is 11.5 Å². The van der Waals surface area contributed by atoms with E-state index in [1.54, 1.807) is 12.1 Å². The predicted octanol–water partition coefficient (Wildman–Crippen LogP) is 2.68. The molecule has 0 aliphatic rings. The van der Waals surface area contributed by atoms with Gasteiger partial charge in [0.2, 0.25) is 0 Å². The lowest BCUT2D eigenvalue weighted by Crippen LogP contribution is -1.93. The van der Waals surface area contributed by atoms with Crippen LogP contribution in [0.25, 0.3) is 0 Å². The smallest absolute Gasteiger partial charge is 0.160 e. The van der Waals surface area contributed by atoms with E-state index < -0.39 is 0 Å². The summed E-state index contributed by atoms with van der Waals surface area (Å²) in [6.07, 6.45) is 1.76. The molecule has 19 heavy (non-hydrogen) atoms. The first-order valence-electron chi connectivity index (χ1n) is 6.27. The lowest BCUT2D eigenvalue weighted by molar-refractivity contribution is 0.282. The molecule has 0 aromatic heterocycles. The van der Waals surface area contributed by atoms with Crippen LogP contribution in [0.2, 0.25) is 0 Å². The highest BCUT2D eigenvalue weighted by atomic mass is 16.5. The van der Waals surface area contributed by atoms with E-state index in [0.29, 0.717) is 5.75 Å². The Morgan fingerprint density at radius 2 is 1.47 bits per heavy atom. The number of aliphatic hydroxyl groups excluding tert-OH is 1. The number of methoxy groups -OCH3 is 1. The average molecular weight is 258 g/mol. The van der Waals surface area contributed by atoms with E-state index in [1.165, 1.54) is 12.7 Å². The summed E-state index contributed by atoms with van der Waals surface area (Å²) in [5.74, 6) is 0.673. The standard InChI is InChI=1S/C16H18O3/c1-19-16-9-8-13(10-15(16)18)5-2-12-3-6-14(11-17)7-4-12/h3-4,6-10,17-18H,2,5,11H2,1H3. The van der Waals surface area contributed by atoms with Crippen molar-refractivity contribution in [2.45, 2.75) is 19.4 Å². The van der Waals surface area contributed by atoms with Crippen LogP contribution < -0.4 is 4.74 Å². The van der Waals surface area contributed by atoms with Gasteiger partial charge in [0.1, 0.15) is 0 Å². The van der Waals surface area contributed by atoms with Gasteiger partial charge < -0.3 is 14.9 Å². The molecule has 2 rings (SSSR count). The predicted molar refractivity (Wildman–Crippen MR) is 74.4 cm³/mol. The molecule has 0 bridgehead atoms. The second-order valence-corrected chi connectivity index (χ2v) is 4.48. The second-order valence-electron chi connectivity index (χ2n) is 4.48. The molecule has 0 aliphatic carbocycles. The van der Waals surface area contributed by atoms with Gasteiger partial charge in [-0.1, -0.05) is 30.3 Å². The van der Waals surface area contributed by atoms with Crippen LogP contribution in [0.3, 0.4) is 0 Å². The number of ether oxygens (including phenoxy) is 1. The molecule has 0 heterocycles. The molecule has 0 saturated heterocycles. The van der Waals surface area contributed by atoms with Gasteiger partial charge in [-0.15, -0.1) is 0 Å². The zero-order valence-corrected chi connectivity index (χ0v) is 11.0. The topological polar surface area (TPSA) is 49.7 Å². The molecule has 0 spiro atoms. The quantitative estimate of drug-likeness (QED) is 0.867. The Labute approximate surface area is 113 Å². The zero-order chi connectivity index (χ0) is 13.7. The van der Waals surface area contributed by atoms with E-state index in [4.69, 9.17) is 9.84 Å². The minimum Gasteiger partial charge on any atom is -0.504 e. The average Bonchev–Trinajstić information content (AvgIpc) is 2.46. The fraction of sp³-hybridized carbons (Fsp3) is 0.250. The van der Waals surface area contributed by atoms with Gasteiger partial charge in [-0.05, 0) is 41.7 Å². The van der Waals surface area contributed by atoms with Gasteiger partial charge >= 0.3 is 0 Å². The van der Waals surface area contributed by atoms with Crippen LogP contribution in [0.15, 0.2) is 42.5 Å². The summed E-state index contributed by atoms with van der Waals surface area (Å²) in [6, 6.07) is 13.4. The third-order valence-corrected chi connectivity index (χ3v) is 3.15. The van der Waals surface area contributed by atoms with E-state index in [9.17, 15) is 5.11 Å². The van der Waals surface area contributed by atoms with Crippen molar-refractivity contribution >= 4 is 0 Å². The number of hydrogen-bond donors (Lipinski definition) is 2. The summed E-state index contributed by atoms with van der Waals surface area (Å²) in [5.41, 5.74) is 3.21. The Kier molecular flexibility index (Phi) is 4.42. The molecule has 0 saturated carbocycles. The molecule has 3 nitrogen and oxygen atoms in total. The van der Waals surface area contributed by atoms with Crippen molar-refractivity contribution in [1.29, 1.82) is 0 Å². The fourth-order valence-corrected chi connectivity index (χ4v) is 1.99. The number of hydrogen-bond acceptors (Lipinski definition) is 3. The molecular weight excluding hydrogens is 240 g/mol. The first-order valence-corrected chi connectivity index (χ1v) is 6.27. The Morgan fingerprint density at radius 1 is 0.895 bits per heavy atom. The van der Waals surface area contributed by atoms with Crippen molar-refractivity contribution in [3.8, 4) is 11.5 Å². The van der Waals surface area contributed by atoms with E-state index in [2.05, 4.69) is 0 Å². The summed E-state index contributed by atoms with van der Waals surface area (Å²) in [6.45, 7) is 0.0760. The number of benzene rings is 2. The maximum atomic E-state index is 9.70. The third kappa shape index (κ3) is 3.48. The van der Waals surface area contributed by atoms with Gasteiger partial charge in [0.25, 0.3) is 0 Å². The molecule has 100 valence electrons. The summed E-state index contributed by atoms with van der Waals surface area (Å²) < 4.78 is 5.01. The van der Waals surface area contributed by atoms with Gasteiger partial charge in [-0.2, -0.15) is 0 Å². The molecule has 0 amide bonds. The van der Waals surface area contributed by atoms with Crippen molar-refractivity contribution in [1.82, 2.24) is 0 Å². The lowest BCUT2D eigenvalue weighted by atomic mass is 10.0. The molecule has 2 N–H and O–H groups in total. The van der Waals surface area contributed by atoms with Gasteiger partial charge in [-0.3, -0.25) is 0 Å². The zero-order valence-electron chi connectivity index (χ0n) is 11.0. The maximum Gasteiger partial charge on any atom is 0.160 e. The number of phenolic OH excluding ortho intramolecular Hbond substituents is 1. The molecular formula is C16H18O3. The van der Waals surface area contributed by atoms with Gasteiger partial charge in [0.05, 0.1) is 13.7 Å².